The second-order valence-corrected chi connectivity index (χ2v) is 9.25. The number of rotatable bonds is 5. The van der Waals surface area contributed by atoms with Crippen LogP contribution in [0.15, 0.2) is 65.6 Å². The fraction of sp³-hybridized carbons (Fsp3) is 0.0952. The van der Waals surface area contributed by atoms with E-state index in [-0.39, 0.29) is 15.5 Å². The third-order valence-corrected chi connectivity index (χ3v) is 6.12. The van der Waals surface area contributed by atoms with Crippen molar-refractivity contribution in [2.75, 3.05) is 11.6 Å². The van der Waals surface area contributed by atoms with Crippen LogP contribution in [0.3, 0.4) is 0 Å². The van der Waals surface area contributed by atoms with E-state index in [1.54, 1.807) is 18.2 Å². The first-order valence-corrected chi connectivity index (χ1v) is 11.2. The van der Waals surface area contributed by atoms with Gasteiger partial charge in [0.25, 0.3) is 5.91 Å². The Labute approximate surface area is 179 Å². The Morgan fingerprint density at radius 1 is 0.966 bits per heavy atom. The highest BCUT2D eigenvalue weighted by atomic mass is 35.5. The number of nitrogens with one attached hydrogen (secondary N) is 1. The van der Waals surface area contributed by atoms with E-state index in [4.69, 9.17) is 28.9 Å². The molecule has 29 heavy (non-hydrogen) atoms. The van der Waals surface area contributed by atoms with Gasteiger partial charge in [0.15, 0.2) is 9.84 Å². The minimum Gasteiger partial charge on any atom is -0.326 e. The molecule has 0 fully saturated rings. The molecule has 0 heterocycles. The maximum atomic E-state index is 12.7. The van der Waals surface area contributed by atoms with Crippen LogP contribution in [0.2, 0.25) is 10.0 Å². The molecule has 0 atom stereocenters. The SMILES string of the molecule is CS(=O)(=O)c1ccc(C(=O)Nc2ccc(Cl)c(-c3ccccc3CN)c2)c(Cl)c1. The molecular weight excluding hydrogens is 431 g/mol. The van der Waals surface area contributed by atoms with Crippen LogP contribution < -0.4 is 11.1 Å². The monoisotopic (exact) mass is 448 g/mol. The van der Waals surface area contributed by atoms with Crippen molar-refractivity contribution >= 4 is 44.6 Å². The molecule has 0 bridgehead atoms. The molecule has 8 heteroatoms. The van der Waals surface area contributed by atoms with E-state index >= 15 is 0 Å². The van der Waals surface area contributed by atoms with Gasteiger partial charge in [0.05, 0.1) is 15.5 Å². The van der Waals surface area contributed by atoms with Crippen molar-refractivity contribution < 1.29 is 13.2 Å². The molecule has 0 aliphatic carbocycles. The molecule has 0 saturated heterocycles. The van der Waals surface area contributed by atoms with Gasteiger partial charge in [-0.15, -0.1) is 0 Å². The molecule has 0 aromatic heterocycles. The predicted octanol–water partition coefficient (Wildman–Crippen LogP) is 4.77. The van der Waals surface area contributed by atoms with E-state index in [9.17, 15) is 13.2 Å². The van der Waals surface area contributed by atoms with E-state index in [0.717, 1.165) is 22.9 Å². The summed E-state index contributed by atoms with van der Waals surface area (Å²) in [5, 5.41) is 3.35. The van der Waals surface area contributed by atoms with Crippen LogP contribution in [0.1, 0.15) is 15.9 Å². The highest BCUT2D eigenvalue weighted by molar-refractivity contribution is 7.90. The fourth-order valence-corrected chi connectivity index (χ4v) is 4.08. The summed E-state index contributed by atoms with van der Waals surface area (Å²) >= 11 is 12.5. The second-order valence-electron chi connectivity index (χ2n) is 6.42. The zero-order valence-corrected chi connectivity index (χ0v) is 17.8. The molecule has 3 aromatic carbocycles. The van der Waals surface area contributed by atoms with Gasteiger partial charge in [-0.05, 0) is 47.5 Å². The zero-order chi connectivity index (χ0) is 21.2. The lowest BCUT2D eigenvalue weighted by Crippen LogP contribution is -2.13. The Bertz CT molecular complexity index is 1190. The van der Waals surface area contributed by atoms with Crippen LogP contribution in [0.5, 0.6) is 0 Å². The van der Waals surface area contributed by atoms with Crippen LogP contribution in [-0.2, 0) is 16.4 Å². The number of sulfone groups is 1. The molecule has 3 N–H and O–H groups in total. The quantitative estimate of drug-likeness (QED) is 0.587. The first-order valence-electron chi connectivity index (χ1n) is 8.59. The number of anilines is 1. The molecule has 1 amide bonds. The van der Waals surface area contributed by atoms with Crippen LogP contribution in [0.25, 0.3) is 11.1 Å². The largest absolute Gasteiger partial charge is 0.326 e. The number of amides is 1. The first kappa shape index (κ1) is 21.3. The van der Waals surface area contributed by atoms with Crippen molar-refractivity contribution in [2.24, 2.45) is 5.73 Å². The maximum Gasteiger partial charge on any atom is 0.257 e. The normalized spacial score (nSPS) is 11.3. The van der Waals surface area contributed by atoms with E-state index in [2.05, 4.69) is 5.32 Å². The molecule has 0 radical (unpaired) electrons. The third-order valence-electron chi connectivity index (χ3n) is 4.37. The fourth-order valence-electron chi connectivity index (χ4n) is 2.88. The highest BCUT2D eigenvalue weighted by Crippen LogP contribution is 2.33. The minimum atomic E-state index is -3.42. The third kappa shape index (κ3) is 4.79. The Morgan fingerprint density at radius 2 is 1.69 bits per heavy atom. The van der Waals surface area contributed by atoms with Gasteiger partial charge in [-0.1, -0.05) is 47.5 Å². The average Bonchev–Trinajstić information content (AvgIpc) is 2.68. The molecule has 0 unspecified atom stereocenters. The van der Waals surface area contributed by atoms with Crippen molar-refractivity contribution in [3.05, 3.63) is 81.8 Å². The maximum absolute atomic E-state index is 12.7. The lowest BCUT2D eigenvalue weighted by molar-refractivity contribution is 0.102. The van der Waals surface area contributed by atoms with Crippen molar-refractivity contribution in [3.8, 4) is 11.1 Å². The average molecular weight is 449 g/mol. The zero-order valence-electron chi connectivity index (χ0n) is 15.4. The van der Waals surface area contributed by atoms with Crippen molar-refractivity contribution in [2.45, 2.75) is 11.4 Å². The van der Waals surface area contributed by atoms with Gasteiger partial charge < -0.3 is 11.1 Å². The summed E-state index contributed by atoms with van der Waals surface area (Å²) in [5.41, 5.74) is 9.05. The molecule has 5 nitrogen and oxygen atoms in total. The molecule has 0 saturated carbocycles. The van der Waals surface area contributed by atoms with Gasteiger partial charge in [-0.2, -0.15) is 0 Å². The van der Waals surface area contributed by atoms with E-state index in [0.29, 0.717) is 17.3 Å². The lowest BCUT2D eigenvalue weighted by atomic mass is 9.99. The van der Waals surface area contributed by atoms with Gasteiger partial charge >= 0.3 is 0 Å². The number of hydrogen-bond acceptors (Lipinski definition) is 4. The number of nitrogens with two attached hydrogens (primary N) is 1. The molecule has 150 valence electrons. The van der Waals surface area contributed by atoms with Gasteiger partial charge in [-0.3, -0.25) is 4.79 Å². The van der Waals surface area contributed by atoms with Crippen molar-refractivity contribution in [1.82, 2.24) is 0 Å². The van der Waals surface area contributed by atoms with Crippen LogP contribution in [0, 0.1) is 0 Å². The lowest BCUT2D eigenvalue weighted by Gasteiger charge is -2.13. The van der Waals surface area contributed by atoms with Gasteiger partial charge in [-0.25, -0.2) is 8.42 Å². The Kier molecular flexibility index (Phi) is 6.29. The summed E-state index contributed by atoms with van der Waals surface area (Å²) in [5.74, 6) is -0.463. The predicted molar refractivity (Wildman–Crippen MR) is 117 cm³/mol. The Morgan fingerprint density at radius 3 is 2.34 bits per heavy atom. The van der Waals surface area contributed by atoms with Crippen LogP contribution >= 0.6 is 23.2 Å². The molecule has 0 aliphatic rings. The minimum absolute atomic E-state index is 0.0474. The number of carbonyl (C=O) groups is 1. The summed E-state index contributed by atoms with van der Waals surface area (Å²) in [6.45, 7) is 0.353. The van der Waals surface area contributed by atoms with E-state index in [1.165, 1.54) is 18.2 Å². The summed E-state index contributed by atoms with van der Waals surface area (Å²) < 4.78 is 23.3. The van der Waals surface area contributed by atoms with Crippen molar-refractivity contribution in [3.63, 3.8) is 0 Å². The molecule has 0 spiro atoms. The second kappa shape index (κ2) is 8.55. The van der Waals surface area contributed by atoms with Gasteiger partial charge in [0.1, 0.15) is 0 Å². The summed E-state index contributed by atoms with van der Waals surface area (Å²) in [4.78, 5) is 12.7. The Hall–Kier alpha value is -2.38. The Balaban J connectivity index is 1.92. The van der Waals surface area contributed by atoms with Crippen LogP contribution in [-0.4, -0.2) is 20.6 Å². The first-order chi connectivity index (χ1) is 13.7. The smallest absolute Gasteiger partial charge is 0.257 e. The molecule has 3 aromatic rings. The summed E-state index contributed by atoms with van der Waals surface area (Å²) in [7, 11) is -3.42. The van der Waals surface area contributed by atoms with E-state index < -0.39 is 15.7 Å². The van der Waals surface area contributed by atoms with Crippen molar-refractivity contribution in [1.29, 1.82) is 0 Å². The number of halogens is 2. The summed E-state index contributed by atoms with van der Waals surface area (Å²) in [6, 6.07) is 16.7. The van der Waals surface area contributed by atoms with Gasteiger partial charge in [0.2, 0.25) is 0 Å². The summed E-state index contributed by atoms with van der Waals surface area (Å²) in [6.07, 6.45) is 1.08. The topological polar surface area (TPSA) is 89.3 Å². The highest BCUT2D eigenvalue weighted by Gasteiger charge is 2.16. The number of carbonyl (C=O) groups excluding carboxylic acids is 1. The van der Waals surface area contributed by atoms with E-state index in [1.807, 2.05) is 24.3 Å². The number of benzene rings is 3. The molecule has 0 aliphatic heterocycles. The molecular formula is C21H18Cl2N2O3S. The standard InChI is InChI=1S/C21H18Cl2N2O3S/c1-29(27,28)15-7-8-17(20(23)11-15)21(26)25-14-6-9-19(22)18(10-14)16-5-3-2-4-13(16)12-24/h2-11H,12,24H2,1H3,(H,25,26). The van der Waals surface area contributed by atoms with Crippen LogP contribution in [0.4, 0.5) is 5.69 Å². The molecule has 3 rings (SSSR count). The van der Waals surface area contributed by atoms with Gasteiger partial charge in [0, 0.05) is 29.1 Å². The number of hydrogen-bond donors (Lipinski definition) is 2.